The van der Waals surface area contributed by atoms with E-state index in [-0.39, 0.29) is 17.9 Å². The quantitative estimate of drug-likeness (QED) is 0.756. The van der Waals surface area contributed by atoms with Gasteiger partial charge in [-0.15, -0.1) is 11.3 Å². The third-order valence-corrected chi connectivity index (χ3v) is 3.13. The van der Waals surface area contributed by atoms with E-state index >= 15 is 0 Å². The monoisotopic (exact) mass is 292 g/mol. The summed E-state index contributed by atoms with van der Waals surface area (Å²) in [6, 6.07) is 2.92. The highest BCUT2D eigenvalue weighted by Gasteiger charge is 2.52. The highest BCUT2D eigenvalue weighted by Crippen LogP contribution is 2.38. The van der Waals surface area contributed by atoms with Crippen molar-refractivity contribution in [3.63, 3.8) is 0 Å². The number of halogens is 2. The summed E-state index contributed by atoms with van der Waals surface area (Å²) in [5.74, 6) is -6.41. The van der Waals surface area contributed by atoms with Gasteiger partial charge in [0.05, 0.1) is 11.5 Å². The van der Waals surface area contributed by atoms with Crippen molar-refractivity contribution in [3.8, 4) is 0 Å². The molecule has 1 heterocycles. The number of thiophene rings is 1. The van der Waals surface area contributed by atoms with Crippen molar-refractivity contribution in [2.45, 2.75) is 32.3 Å². The Morgan fingerprint density at radius 2 is 2.11 bits per heavy atom. The SMILES string of the molecule is CCOC(=O)C(F)(F)[C@H](OC(=O)CC)c1cccs1. The molecule has 0 unspecified atom stereocenters. The van der Waals surface area contributed by atoms with Crippen LogP contribution in [0.1, 0.15) is 31.2 Å². The molecule has 0 aliphatic heterocycles. The van der Waals surface area contributed by atoms with Crippen LogP contribution in [0.15, 0.2) is 17.5 Å². The van der Waals surface area contributed by atoms with Crippen LogP contribution in [-0.2, 0) is 19.1 Å². The number of ether oxygens (including phenoxy) is 2. The van der Waals surface area contributed by atoms with Crippen molar-refractivity contribution in [1.82, 2.24) is 0 Å². The van der Waals surface area contributed by atoms with Crippen LogP contribution in [0, 0.1) is 0 Å². The van der Waals surface area contributed by atoms with Crippen molar-refractivity contribution < 1.29 is 27.8 Å². The van der Waals surface area contributed by atoms with Gasteiger partial charge in [-0.2, -0.15) is 8.78 Å². The first-order chi connectivity index (χ1) is 8.93. The Hall–Kier alpha value is -1.50. The van der Waals surface area contributed by atoms with E-state index in [9.17, 15) is 18.4 Å². The molecule has 0 bridgehead atoms. The van der Waals surface area contributed by atoms with Crippen LogP contribution in [0.5, 0.6) is 0 Å². The second kappa shape index (κ2) is 6.60. The third kappa shape index (κ3) is 3.73. The topological polar surface area (TPSA) is 52.6 Å². The Labute approximate surface area is 113 Å². The number of carbonyl (C=O) groups is 2. The molecule has 0 amide bonds. The van der Waals surface area contributed by atoms with E-state index in [1.54, 1.807) is 5.38 Å². The van der Waals surface area contributed by atoms with E-state index in [1.165, 1.54) is 26.0 Å². The average molecular weight is 292 g/mol. The average Bonchev–Trinajstić information content (AvgIpc) is 2.89. The largest absolute Gasteiger partial charge is 0.461 e. The summed E-state index contributed by atoms with van der Waals surface area (Å²) in [6.45, 7) is 2.73. The molecule has 1 rings (SSSR count). The molecule has 0 N–H and O–H groups in total. The maximum atomic E-state index is 14.0. The maximum Gasteiger partial charge on any atom is 0.383 e. The van der Waals surface area contributed by atoms with Crippen LogP contribution in [0.2, 0.25) is 0 Å². The molecule has 0 spiro atoms. The number of hydrogen-bond acceptors (Lipinski definition) is 5. The molecular formula is C12H14F2O4S. The lowest BCUT2D eigenvalue weighted by molar-refractivity contribution is -0.198. The standard InChI is InChI=1S/C12H14F2O4S/c1-3-9(15)18-10(8-6-5-7-19-8)12(13,14)11(16)17-4-2/h5-7,10H,3-4H2,1-2H3/t10-/m1/s1. The van der Waals surface area contributed by atoms with Gasteiger partial charge in [0, 0.05) is 6.42 Å². The summed E-state index contributed by atoms with van der Waals surface area (Å²) in [7, 11) is 0. The molecule has 19 heavy (non-hydrogen) atoms. The summed E-state index contributed by atoms with van der Waals surface area (Å²) in [5, 5.41) is 1.56. The Bertz CT molecular complexity index is 431. The Balaban J connectivity index is 3.02. The highest BCUT2D eigenvalue weighted by molar-refractivity contribution is 7.10. The minimum absolute atomic E-state index is 0.0548. The molecule has 1 atom stereocenters. The van der Waals surface area contributed by atoms with Crippen molar-refractivity contribution >= 4 is 23.3 Å². The van der Waals surface area contributed by atoms with Gasteiger partial charge in [-0.25, -0.2) is 4.79 Å². The lowest BCUT2D eigenvalue weighted by Gasteiger charge is -2.24. The van der Waals surface area contributed by atoms with Crippen molar-refractivity contribution in [1.29, 1.82) is 0 Å². The summed E-state index contributed by atoms with van der Waals surface area (Å²) >= 11 is 0.981. The smallest absolute Gasteiger partial charge is 0.383 e. The molecule has 4 nitrogen and oxygen atoms in total. The maximum absolute atomic E-state index is 14.0. The molecule has 1 aromatic rings. The van der Waals surface area contributed by atoms with E-state index in [0.29, 0.717) is 0 Å². The molecule has 0 aliphatic rings. The van der Waals surface area contributed by atoms with Gasteiger partial charge in [0.15, 0.2) is 0 Å². The minimum atomic E-state index is -3.91. The molecule has 0 aromatic carbocycles. The second-order valence-corrected chi connectivity index (χ2v) is 4.56. The van der Waals surface area contributed by atoms with Crippen molar-refractivity contribution in [2.75, 3.05) is 6.61 Å². The van der Waals surface area contributed by atoms with Crippen molar-refractivity contribution in [3.05, 3.63) is 22.4 Å². The number of carbonyl (C=O) groups excluding carboxylic acids is 2. The molecule has 0 saturated heterocycles. The van der Waals surface area contributed by atoms with E-state index in [2.05, 4.69) is 4.74 Å². The third-order valence-electron chi connectivity index (χ3n) is 2.22. The van der Waals surface area contributed by atoms with E-state index in [4.69, 9.17) is 4.74 Å². The number of alkyl halides is 2. The van der Waals surface area contributed by atoms with Gasteiger partial charge in [-0.1, -0.05) is 13.0 Å². The van der Waals surface area contributed by atoms with Crippen LogP contribution in [0.4, 0.5) is 8.78 Å². The fourth-order valence-corrected chi connectivity index (χ4v) is 2.09. The van der Waals surface area contributed by atoms with Gasteiger partial charge in [0.1, 0.15) is 0 Å². The molecular weight excluding hydrogens is 278 g/mol. The molecule has 0 radical (unpaired) electrons. The lowest BCUT2D eigenvalue weighted by Crippen LogP contribution is -2.39. The first-order valence-electron chi connectivity index (χ1n) is 5.71. The van der Waals surface area contributed by atoms with Crippen LogP contribution in [0.3, 0.4) is 0 Å². The summed E-state index contributed by atoms with van der Waals surface area (Å²) in [5.41, 5.74) is 0. The number of esters is 2. The van der Waals surface area contributed by atoms with Crippen LogP contribution < -0.4 is 0 Å². The van der Waals surface area contributed by atoms with E-state index in [0.717, 1.165) is 11.3 Å². The fraction of sp³-hybridized carbons (Fsp3) is 0.500. The molecule has 0 aliphatic carbocycles. The predicted octanol–water partition coefficient (Wildman–Crippen LogP) is 2.94. The minimum Gasteiger partial charge on any atom is -0.461 e. The molecule has 1 aromatic heterocycles. The number of hydrogen-bond donors (Lipinski definition) is 0. The Morgan fingerprint density at radius 1 is 1.42 bits per heavy atom. The van der Waals surface area contributed by atoms with Crippen LogP contribution >= 0.6 is 11.3 Å². The van der Waals surface area contributed by atoms with Crippen LogP contribution in [0.25, 0.3) is 0 Å². The van der Waals surface area contributed by atoms with E-state index < -0.39 is 24.0 Å². The fourth-order valence-electron chi connectivity index (χ4n) is 1.30. The van der Waals surface area contributed by atoms with Crippen LogP contribution in [-0.4, -0.2) is 24.5 Å². The van der Waals surface area contributed by atoms with Gasteiger partial charge < -0.3 is 9.47 Å². The summed E-state index contributed by atoms with van der Waals surface area (Å²) in [6.07, 6.45) is -2.00. The van der Waals surface area contributed by atoms with Gasteiger partial charge >= 0.3 is 17.9 Å². The summed E-state index contributed by atoms with van der Waals surface area (Å²) < 4.78 is 37.0. The van der Waals surface area contributed by atoms with E-state index in [1.807, 2.05) is 0 Å². The zero-order valence-corrected chi connectivity index (χ0v) is 11.3. The van der Waals surface area contributed by atoms with Gasteiger partial charge in [-0.05, 0) is 18.4 Å². The molecule has 7 heteroatoms. The molecule has 106 valence electrons. The predicted molar refractivity (Wildman–Crippen MR) is 65.0 cm³/mol. The molecule has 0 fully saturated rings. The lowest BCUT2D eigenvalue weighted by atomic mass is 10.1. The zero-order chi connectivity index (χ0) is 14.5. The normalized spacial score (nSPS) is 12.8. The Kier molecular flexibility index (Phi) is 5.41. The number of rotatable bonds is 6. The Morgan fingerprint density at radius 3 is 2.58 bits per heavy atom. The first-order valence-corrected chi connectivity index (χ1v) is 6.59. The first kappa shape index (κ1) is 15.6. The molecule has 0 saturated carbocycles. The van der Waals surface area contributed by atoms with Crippen molar-refractivity contribution in [2.24, 2.45) is 0 Å². The van der Waals surface area contributed by atoms with Gasteiger partial charge in [0.25, 0.3) is 0 Å². The zero-order valence-electron chi connectivity index (χ0n) is 10.5. The van der Waals surface area contributed by atoms with Gasteiger partial charge in [0.2, 0.25) is 6.10 Å². The second-order valence-electron chi connectivity index (χ2n) is 3.58. The summed E-state index contributed by atoms with van der Waals surface area (Å²) in [4.78, 5) is 22.7. The van der Waals surface area contributed by atoms with Gasteiger partial charge in [-0.3, -0.25) is 4.79 Å². The highest BCUT2D eigenvalue weighted by atomic mass is 32.1.